The molecule has 1 N–H and O–H groups in total. The van der Waals surface area contributed by atoms with Crippen LogP contribution >= 0.6 is 0 Å². The molecule has 2 aromatic carbocycles. The summed E-state index contributed by atoms with van der Waals surface area (Å²) >= 11 is 0. The average molecular weight is 398 g/mol. The van der Waals surface area contributed by atoms with Gasteiger partial charge < -0.3 is 9.84 Å². The molecular formula is C22H23FN2O4. The summed E-state index contributed by atoms with van der Waals surface area (Å²) < 4.78 is 19.2. The first-order valence-electron chi connectivity index (χ1n) is 9.78. The van der Waals surface area contributed by atoms with Crippen molar-refractivity contribution in [1.29, 1.82) is 0 Å². The molecule has 0 aliphatic carbocycles. The van der Waals surface area contributed by atoms with Gasteiger partial charge in [-0.3, -0.25) is 9.80 Å². The Hall–Kier alpha value is -2.93. The minimum absolute atomic E-state index is 0.137. The van der Waals surface area contributed by atoms with Gasteiger partial charge >= 0.3 is 12.1 Å². The highest BCUT2D eigenvalue weighted by Crippen LogP contribution is 2.30. The van der Waals surface area contributed by atoms with Crippen LogP contribution in [0, 0.1) is 11.7 Å². The monoisotopic (exact) mass is 398 g/mol. The molecule has 3 fully saturated rings. The number of rotatable bonds is 5. The fraction of sp³-hybridized carbons (Fsp3) is 0.364. The molecule has 0 aromatic heterocycles. The highest BCUT2D eigenvalue weighted by Gasteiger charge is 2.37. The molecule has 6 nitrogen and oxygen atoms in total. The zero-order valence-electron chi connectivity index (χ0n) is 16.0. The molecule has 3 aliphatic rings. The average Bonchev–Trinajstić information content (AvgIpc) is 2.74. The largest absolute Gasteiger partial charge is 0.478 e. The van der Waals surface area contributed by atoms with Crippen molar-refractivity contribution in [3.63, 3.8) is 0 Å². The van der Waals surface area contributed by atoms with Crippen molar-refractivity contribution >= 4 is 17.7 Å². The van der Waals surface area contributed by atoms with Crippen LogP contribution in [0.2, 0.25) is 0 Å². The topological polar surface area (TPSA) is 70.1 Å². The first-order chi connectivity index (χ1) is 14.0. The molecule has 2 aromatic rings. The molecule has 1 atom stereocenters. The highest BCUT2D eigenvalue weighted by atomic mass is 19.1. The molecule has 1 amide bonds. The molecule has 2 bridgehead atoms. The van der Waals surface area contributed by atoms with Gasteiger partial charge in [0.05, 0.1) is 12.1 Å². The number of carboxylic acid groups (broad SMARTS) is 1. The van der Waals surface area contributed by atoms with E-state index in [1.807, 2.05) is 0 Å². The fourth-order valence-electron chi connectivity index (χ4n) is 4.06. The molecular weight excluding hydrogens is 375 g/mol. The summed E-state index contributed by atoms with van der Waals surface area (Å²) in [5, 5.41) is 9.06. The standard InChI is InChI=1S/C22H23FN2O4/c23-18-5-7-19(8-6-18)25(13-15-1-3-17(4-2-15)21(26)27)22(28)29-20-14-24-11-9-16(20)10-12-24/h1-8,16,20H,9-14H2,(H,26,27)/t20-/m0/s1. The number of ether oxygens (including phenoxy) is 1. The molecule has 3 heterocycles. The number of carbonyl (C=O) groups is 2. The maximum Gasteiger partial charge on any atom is 0.414 e. The van der Waals surface area contributed by atoms with E-state index in [-0.39, 0.29) is 24.0 Å². The quantitative estimate of drug-likeness (QED) is 0.831. The molecule has 0 saturated carbocycles. The van der Waals surface area contributed by atoms with Crippen molar-refractivity contribution in [2.75, 3.05) is 24.5 Å². The van der Waals surface area contributed by atoms with E-state index in [4.69, 9.17) is 9.84 Å². The maximum atomic E-state index is 13.4. The molecule has 29 heavy (non-hydrogen) atoms. The number of anilines is 1. The number of nitrogens with zero attached hydrogens (tertiary/aromatic N) is 2. The Morgan fingerprint density at radius 2 is 1.72 bits per heavy atom. The molecule has 3 saturated heterocycles. The van der Waals surface area contributed by atoms with E-state index < -0.39 is 12.1 Å². The first-order valence-corrected chi connectivity index (χ1v) is 9.78. The number of amides is 1. The van der Waals surface area contributed by atoms with Crippen molar-refractivity contribution in [3.8, 4) is 0 Å². The Kier molecular flexibility index (Phi) is 5.49. The lowest BCUT2D eigenvalue weighted by Gasteiger charge is -2.44. The number of fused-ring (bicyclic) bond motifs is 3. The lowest BCUT2D eigenvalue weighted by Crippen LogP contribution is -2.53. The first kappa shape index (κ1) is 19.4. The number of hydrogen-bond acceptors (Lipinski definition) is 4. The second kappa shape index (κ2) is 8.21. The number of aromatic carboxylic acids is 1. The molecule has 3 aliphatic heterocycles. The summed E-state index contributed by atoms with van der Waals surface area (Å²) in [4.78, 5) is 27.9. The van der Waals surface area contributed by atoms with Crippen LogP contribution in [0.4, 0.5) is 14.9 Å². The Balaban J connectivity index is 1.53. The van der Waals surface area contributed by atoms with Gasteiger partial charge in [0, 0.05) is 12.2 Å². The third kappa shape index (κ3) is 4.40. The van der Waals surface area contributed by atoms with E-state index in [1.165, 1.54) is 29.2 Å². The molecule has 0 radical (unpaired) electrons. The van der Waals surface area contributed by atoms with Crippen LogP contribution in [0.15, 0.2) is 48.5 Å². The van der Waals surface area contributed by atoms with Gasteiger partial charge in [-0.2, -0.15) is 0 Å². The number of carbonyl (C=O) groups excluding carboxylic acids is 1. The Labute approximate surface area is 168 Å². The fourth-order valence-corrected chi connectivity index (χ4v) is 4.06. The second-order valence-electron chi connectivity index (χ2n) is 7.62. The summed E-state index contributed by atoms with van der Waals surface area (Å²) in [5.74, 6) is -1.01. The molecule has 7 heteroatoms. The van der Waals surface area contributed by atoms with Gasteiger partial charge in [-0.15, -0.1) is 0 Å². The maximum absolute atomic E-state index is 13.4. The van der Waals surface area contributed by atoms with E-state index >= 15 is 0 Å². The van der Waals surface area contributed by atoms with Crippen molar-refractivity contribution < 1.29 is 23.8 Å². The molecule has 0 unspecified atom stereocenters. The van der Waals surface area contributed by atoms with Crippen molar-refractivity contribution in [2.24, 2.45) is 5.92 Å². The van der Waals surface area contributed by atoms with Crippen LogP contribution in [0.5, 0.6) is 0 Å². The van der Waals surface area contributed by atoms with E-state index in [1.54, 1.807) is 24.3 Å². The van der Waals surface area contributed by atoms with Gasteiger partial charge in [-0.1, -0.05) is 12.1 Å². The van der Waals surface area contributed by atoms with E-state index in [0.29, 0.717) is 11.6 Å². The van der Waals surface area contributed by atoms with Gasteiger partial charge in [0.2, 0.25) is 0 Å². The predicted octanol–water partition coefficient (Wildman–Crippen LogP) is 3.76. The van der Waals surface area contributed by atoms with Gasteiger partial charge in [0.15, 0.2) is 0 Å². The minimum Gasteiger partial charge on any atom is -0.478 e. The van der Waals surface area contributed by atoms with Crippen LogP contribution in [-0.4, -0.2) is 47.8 Å². The Bertz CT molecular complexity index is 877. The van der Waals surface area contributed by atoms with Crippen LogP contribution in [0.25, 0.3) is 0 Å². The zero-order chi connectivity index (χ0) is 20.4. The van der Waals surface area contributed by atoms with E-state index in [2.05, 4.69) is 4.90 Å². The number of benzene rings is 2. The van der Waals surface area contributed by atoms with Gasteiger partial charge in [0.1, 0.15) is 11.9 Å². The van der Waals surface area contributed by atoms with E-state index in [0.717, 1.165) is 38.0 Å². The summed E-state index contributed by atoms with van der Waals surface area (Å²) in [7, 11) is 0. The summed E-state index contributed by atoms with van der Waals surface area (Å²) in [6, 6.07) is 12.0. The smallest absolute Gasteiger partial charge is 0.414 e. The third-order valence-electron chi connectivity index (χ3n) is 5.75. The number of carboxylic acids is 1. The lowest BCUT2D eigenvalue weighted by molar-refractivity contribution is -0.0311. The Morgan fingerprint density at radius 1 is 1.07 bits per heavy atom. The SMILES string of the molecule is O=C(O)c1ccc(CN(C(=O)O[C@H]2CN3CCC2CC3)c2ccc(F)cc2)cc1. The Morgan fingerprint density at radius 3 is 2.28 bits per heavy atom. The number of piperidine rings is 3. The lowest BCUT2D eigenvalue weighted by atomic mass is 9.86. The van der Waals surface area contributed by atoms with Crippen LogP contribution in [-0.2, 0) is 11.3 Å². The van der Waals surface area contributed by atoms with Crippen LogP contribution < -0.4 is 4.90 Å². The summed E-state index contributed by atoms with van der Waals surface area (Å²) in [6.45, 7) is 3.05. The molecule has 5 rings (SSSR count). The molecule has 0 spiro atoms. The van der Waals surface area contributed by atoms with Crippen LogP contribution in [0.1, 0.15) is 28.8 Å². The normalized spacial score (nSPS) is 22.9. The van der Waals surface area contributed by atoms with Crippen molar-refractivity contribution in [1.82, 2.24) is 4.90 Å². The predicted molar refractivity (Wildman–Crippen MR) is 105 cm³/mol. The van der Waals surface area contributed by atoms with E-state index in [9.17, 15) is 14.0 Å². The highest BCUT2D eigenvalue weighted by molar-refractivity contribution is 5.88. The third-order valence-corrected chi connectivity index (χ3v) is 5.75. The molecule has 152 valence electrons. The number of halogens is 1. The van der Waals surface area contributed by atoms with Crippen molar-refractivity contribution in [2.45, 2.75) is 25.5 Å². The summed E-state index contributed by atoms with van der Waals surface area (Å²) in [5.41, 5.74) is 1.46. The zero-order valence-corrected chi connectivity index (χ0v) is 16.0. The number of hydrogen-bond donors (Lipinski definition) is 1. The van der Waals surface area contributed by atoms with Gasteiger partial charge in [-0.25, -0.2) is 14.0 Å². The minimum atomic E-state index is -1.01. The van der Waals surface area contributed by atoms with Crippen LogP contribution in [0.3, 0.4) is 0 Å². The van der Waals surface area contributed by atoms with Crippen molar-refractivity contribution in [3.05, 3.63) is 65.5 Å². The second-order valence-corrected chi connectivity index (χ2v) is 7.62. The van der Waals surface area contributed by atoms with Gasteiger partial charge in [0.25, 0.3) is 0 Å². The van der Waals surface area contributed by atoms with Gasteiger partial charge in [-0.05, 0) is 73.8 Å². The summed E-state index contributed by atoms with van der Waals surface area (Å²) in [6.07, 6.45) is 1.45.